The van der Waals surface area contributed by atoms with Gasteiger partial charge >= 0.3 is 5.69 Å². The normalized spacial score (nSPS) is 8.89. The van der Waals surface area contributed by atoms with Crippen LogP contribution >= 0.6 is 0 Å². The first-order valence-electron chi connectivity index (χ1n) is 2.50. The first-order valence-corrected chi connectivity index (χ1v) is 2.50. The van der Waals surface area contributed by atoms with Crippen LogP contribution < -0.4 is 5.69 Å². The molecule has 0 amide bonds. The molecule has 0 aliphatic rings. The number of aromatic amines is 1. The fourth-order valence-corrected chi connectivity index (χ4v) is 0.502. The summed E-state index contributed by atoms with van der Waals surface area (Å²) in [7, 11) is 0. The lowest BCUT2D eigenvalue weighted by Gasteiger charge is -1.86. The van der Waals surface area contributed by atoms with E-state index in [-0.39, 0.29) is 5.69 Å². The zero-order chi connectivity index (χ0) is 6.69. The maximum Gasteiger partial charge on any atom is 0.345 e. The lowest BCUT2D eigenvalue weighted by molar-refractivity contribution is 1.06. The third-order valence-corrected chi connectivity index (χ3v) is 0.917. The fourth-order valence-electron chi connectivity index (χ4n) is 0.502. The van der Waals surface area contributed by atoms with E-state index in [2.05, 4.69) is 16.5 Å². The summed E-state index contributed by atoms with van der Waals surface area (Å²) >= 11 is 0. The Morgan fingerprint density at radius 2 is 2.56 bits per heavy atom. The van der Waals surface area contributed by atoms with Gasteiger partial charge in [0.25, 0.3) is 0 Å². The predicted octanol–water partition coefficient (Wildman–Crippen LogP) is 0.413. The maximum atomic E-state index is 10.4. The number of nitrogens with one attached hydrogen (secondary N) is 1. The molecule has 0 aliphatic carbocycles. The summed E-state index contributed by atoms with van der Waals surface area (Å²) in [5.41, 5.74) is 0.349. The van der Waals surface area contributed by atoms with E-state index >= 15 is 0 Å². The Labute approximate surface area is 52.1 Å². The molecule has 0 radical (unpaired) electrons. The Kier molecular flexibility index (Phi) is 1.44. The van der Waals surface area contributed by atoms with Gasteiger partial charge in [-0.3, -0.25) is 0 Å². The van der Waals surface area contributed by atoms with Crippen LogP contribution in [0.5, 0.6) is 0 Å². The van der Waals surface area contributed by atoms with Gasteiger partial charge in [-0.2, -0.15) is 0 Å². The second-order valence-electron chi connectivity index (χ2n) is 1.53. The van der Waals surface area contributed by atoms with Gasteiger partial charge < -0.3 is 4.98 Å². The lowest BCUT2D eigenvalue weighted by atomic mass is 10.4. The molecule has 0 aromatic carbocycles. The third kappa shape index (κ3) is 1.25. The second kappa shape index (κ2) is 2.26. The maximum absolute atomic E-state index is 10.4. The molecule has 0 saturated heterocycles. The van der Waals surface area contributed by atoms with Crippen molar-refractivity contribution in [1.82, 2.24) is 9.97 Å². The van der Waals surface area contributed by atoms with Crippen molar-refractivity contribution in [3.05, 3.63) is 35.0 Å². The summed E-state index contributed by atoms with van der Waals surface area (Å²) < 4.78 is 0. The molecule has 0 unspecified atom stereocenters. The van der Waals surface area contributed by atoms with E-state index in [1.165, 1.54) is 6.20 Å². The van der Waals surface area contributed by atoms with Gasteiger partial charge in [-0.15, -0.1) is 0 Å². The minimum Gasteiger partial charge on any atom is -0.306 e. The summed E-state index contributed by atoms with van der Waals surface area (Å²) in [4.78, 5) is 16.3. The molecule has 0 saturated carbocycles. The van der Waals surface area contributed by atoms with Crippen LogP contribution in [0.4, 0.5) is 0 Å². The van der Waals surface area contributed by atoms with E-state index < -0.39 is 0 Å². The van der Waals surface area contributed by atoms with Crippen LogP contribution in [0, 0.1) is 0 Å². The molecule has 0 fully saturated rings. The molecule has 46 valence electrons. The van der Waals surface area contributed by atoms with Crippen molar-refractivity contribution in [3.8, 4) is 0 Å². The predicted molar refractivity (Wildman–Crippen MR) is 34.9 cm³/mol. The SMILES string of the molecule is C=Cc1ccnc(=O)[nH]1. The highest BCUT2D eigenvalue weighted by atomic mass is 16.1. The molecule has 0 atom stereocenters. The zero-order valence-corrected chi connectivity index (χ0v) is 4.79. The minimum atomic E-state index is -0.340. The van der Waals surface area contributed by atoms with Crippen LogP contribution in [-0.4, -0.2) is 9.97 Å². The highest BCUT2D eigenvalue weighted by molar-refractivity contribution is 5.39. The standard InChI is InChI=1S/C6H6N2O/c1-2-5-3-4-7-6(9)8-5/h2-4H,1H2,(H,7,8,9). The minimum absolute atomic E-state index is 0.340. The number of rotatable bonds is 1. The summed E-state index contributed by atoms with van der Waals surface area (Å²) in [6.45, 7) is 3.47. The van der Waals surface area contributed by atoms with Crippen molar-refractivity contribution in [2.24, 2.45) is 0 Å². The molecule has 1 heterocycles. The molecule has 3 nitrogen and oxygen atoms in total. The van der Waals surface area contributed by atoms with E-state index in [1.807, 2.05) is 0 Å². The highest BCUT2D eigenvalue weighted by Crippen LogP contribution is 1.86. The number of hydrogen-bond acceptors (Lipinski definition) is 2. The van der Waals surface area contributed by atoms with E-state index in [4.69, 9.17) is 0 Å². The first-order chi connectivity index (χ1) is 4.33. The Bertz CT molecular complexity index is 264. The van der Waals surface area contributed by atoms with Gasteiger partial charge in [0, 0.05) is 11.9 Å². The Hall–Kier alpha value is -1.38. The van der Waals surface area contributed by atoms with Crippen LogP contribution in [0.2, 0.25) is 0 Å². The number of hydrogen-bond donors (Lipinski definition) is 1. The van der Waals surface area contributed by atoms with E-state index in [0.29, 0.717) is 5.69 Å². The molecule has 1 N–H and O–H groups in total. The molecule has 0 spiro atoms. The van der Waals surface area contributed by atoms with Crippen molar-refractivity contribution in [2.45, 2.75) is 0 Å². The fraction of sp³-hybridized carbons (Fsp3) is 0. The van der Waals surface area contributed by atoms with Crippen molar-refractivity contribution >= 4 is 6.08 Å². The van der Waals surface area contributed by atoms with Crippen LogP contribution in [0.25, 0.3) is 6.08 Å². The molecule has 1 aromatic heterocycles. The van der Waals surface area contributed by atoms with Crippen molar-refractivity contribution in [1.29, 1.82) is 0 Å². The van der Waals surface area contributed by atoms with Crippen LogP contribution in [-0.2, 0) is 0 Å². The van der Waals surface area contributed by atoms with Gasteiger partial charge in [-0.1, -0.05) is 6.58 Å². The molecule has 0 bridgehead atoms. The van der Waals surface area contributed by atoms with Gasteiger partial charge in [-0.25, -0.2) is 9.78 Å². The van der Waals surface area contributed by atoms with Gasteiger partial charge in [-0.05, 0) is 12.1 Å². The molecular formula is C6H6N2O. The largest absolute Gasteiger partial charge is 0.345 e. The van der Waals surface area contributed by atoms with Crippen molar-refractivity contribution < 1.29 is 0 Å². The van der Waals surface area contributed by atoms with Gasteiger partial charge in [0.15, 0.2) is 0 Å². The summed E-state index contributed by atoms with van der Waals surface area (Å²) in [5, 5.41) is 0. The smallest absolute Gasteiger partial charge is 0.306 e. The molecular weight excluding hydrogens is 116 g/mol. The number of H-pyrrole nitrogens is 1. The number of aromatic nitrogens is 2. The molecule has 0 aliphatic heterocycles. The third-order valence-electron chi connectivity index (χ3n) is 0.917. The Balaban J connectivity index is 3.23. The topological polar surface area (TPSA) is 45.8 Å². The van der Waals surface area contributed by atoms with E-state index in [0.717, 1.165) is 0 Å². The molecule has 1 rings (SSSR count). The van der Waals surface area contributed by atoms with Crippen LogP contribution in [0.3, 0.4) is 0 Å². The summed E-state index contributed by atoms with van der Waals surface area (Å²) in [6, 6.07) is 1.67. The first kappa shape index (κ1) is 5.75. The van der Waals surface area contributed by atoms with E-state index in [1.54, 1.807) is 12.1 Å². The molecule has 1 aromatic rings. The summed E-state index contributed by atoms with van der Waals surface area (Å²) in [5.74, 6) is 0. The van der Waals surface area contributed by atoms with Gasteiger partial charge in [0.1, 0.15) is 0 Å². The van der Waals surface area contributed by atoms with Gasteiger partial charge in [0.2, 0.25) is 0 Å². The lowest BCUT2D eigenvalue weighted by Crippen LogP contribution is -2.08. The summed E-state index contributed by atoms with van der Waals surface area (Å²) in [6.07, 6.45) is 3.00. The Morgan fingerprint density at radius 3 is 3.00 bits per heavy atom. The number of nitrogens with zero attached hydrogens (tertiary/aromatic N) is 1. The van der Waals surface area contributed by atoms with Gasteiger partial charge in [0.05, 0.1) is 0 Å². The zero-order valence-electron chi connectivity index (χ0n) is 4.79. The van der Waals surface area contributed by atoms with Crippen molar-refractivity contribution in [3.63, 3.8) is 0 Å². The molecule has 9 heavy (non-hydrogen) atoms. The van der Waals surface area contributed by atoms with Crippen LogP contribution in [0.1, 0.15) is 5.69 Å². The quantitative estimate of drug-likeness (QED) is 0.586. The second-order valence-corrected chi connectivity index (χ2v) is 1.53. The molecule has 3 heteroatoms. The average Bonchev–Trinajstić information content (AvgIpc) is 1.88. The monoisotopic (exact) mass is 122 g/mol. The Morgan fingerprint density at radius 1 is 1.78 bits per heavy atom. The van der Waals surface area contributed by atoms with Crippen molar-refractivity contribution in [2.75, 3.05) is 0 Å². The average molecular weight is 122 g/mol. The highest BCUT2D eigenvalue weighted by Gasteiger charge is 1.83. The van der Waals surface area contributed by atoms with E-state index in [9.17, 15) is 4.79 Å². The van der Waals surface area contributed by atoms with Crippen LogP contribution in [0.15, 0.2) is 23.6 Å².